The van der Waals surface area contributed by atoms with Gasteiger partial charge in [-0.3, -0.25) is 9.59 Å². The predicted molar refractivity (Wildman–Crippen MR) is 73.3 cm³/mol. The van der Waals surface area contributed by atoms with E-state index in [-0.39, 0.29) is 18.4 Å². The molecule has 1 heterocycles. The summed E-state index contributed by atoms with van der Waals surface area (Å²) >= 11 is 0. The monoisotopic (exact) mass is 262 g/mol. The number of nitrogens with zero attached hydrogens (tertiary/aromatic N) is 1. The Morgan fingerprint density at radius 3 is 2.89 bits per heavy atom. The minimum absolute atomic E-state index is 0.0345. The molecule has 2 amide bonds. The largest absolute Gasteiger partial charge is 0.375 e. The third-order valence-corrected chi connectivity index (χ3v) is 3.15. The normalized spacial score (nSPS) is 13.3. The molecule has 0 fully saturated rings. The first kappa shape index (κ1) is 13.5. The molecule has 0 spiro atoms. The Morgan fingerprint density at radius 2 is 2.21 bits per heavy atom. The van der Waals surface area contributed by atoms with Crippen molar-refractivity contribution < 1.29 is 14.3 Å². The Balaban J connectivity index is 2.20. The molecule has 1 aliphatic rings. The van der Waals surface area contributed by atoms with E-state index in [0.717, 1.165) is 23.4 Å². The van der Waals surface area contributed by atoms with Crippen LogP contribution in [0.4, 0.5) is 11.4 Å². The maximum Gasteiger partial charge on any atom is 0.252 e. The molecule has 0 atom stereocenters. The highest BCUT2D eigenvalue weighted by Crippen LogP contribution is 2.31. The Kier molecular flexibility index (Phi) is 4.16. The van der Waals surface area contributed by atoms with E-state index in [0.29, 0.717) is 13.0 Å². The average Bonchev–Trinajstić information content (AvgIpc) is 2.82. The van der Waals surface area contributed by atoms with Gasteiger partial charge in [0.1, 0.15) is 6.61 Å². The number of carbonyl (C=O) groups excluding carboxylic acids is 2. The van der Waals surface area contributed by atoms with Gasteiger partial charge >= 0.3 is 0 Å². The molecule has 19 heavy (non-hydrogen) atoms. The molecule has 102 valence electrons. The van der Waals surface area contributed by atoms with Crippen LogP contribution in [0.25, 0.3) is 0 Å². The summed E-state index contributed by atoms with van der Waals surface area (Å²) < 4.78 is 4.88. The highest BCUT2D eigenvalue weighted by molar-refractivity contribution is 5.98. The lowest BCUT2D eigenvalue weighted by Gasteiger charge is -2.17. The lowest BCUT2D eigenvalue weighted by Crippen LogP contribution is -2.32. The van der Waals surface area contributed by atoms with Crippen LogP contribution in [-0.2, 0) is 20.7 Å². The fourth-order valence-electron chi connectivity index (χ4n) is 2.17. The second-order valence-corrected chi connectivity index (χ2v) is 4.47. The van der Waals surface area contributed by atoms with Crippen molar-refractivity contribution in [3.8, 4) is 0 Å². The van der Waals surface area contributed by atoms with Crippen LogP contribution in [-0.4, -0.2) is 32.1 Å². The van der Waals surface area contributed by atoms with Gasteiger partial charge in [0.25, 0.3) is 5.91 Å². The molecule has 0 saturated heterocycles. The van der Waals surface area contributed by atoms with E-state index in [1.54, 1.807) is 11.8 Å². The number of hydrogen-bond acceptors (Lipinski definition) is 3. The number of amides is 2. The molecular weight excluding hydrogens is 244 g/mol. The summed E-state index contributed by atoms with van der Waals surface area (Å²) in [5.41, 5.74) is 2.72. The molecule has 0 aromatic heterocycles. The van der Waals surface area contributed by atoms with Gasteiger partial charge in [-0.1, -0.05) is 13.0 Å². The smallest absolute Gasteiger partial charge is 0.252 e. The summed E-state index contributed by atoms with van der Waals surface area (Å²) in [6, 6.07) is 5.68. The maximum atomic E-state index is 11.9. The Hall–Kier alpha value is -1.88. The molecule has 0 unspecified atom stereocenters. The summed E-state index contributed by atoms with van der Waals surface area (Å²) in [5, 5.41) is 2.80. The number of ether oxygens (including phenoxy) is 1. The molecule has 5 nitrogen and oxygen atoms in total. The second-order valence-electron chi connectivity index (χ2n) is 4.47. The van der Waals surface area contributed by atoms with E-state index in [2.05, 4.69) is 5.32 Å². The molecule has 1 aromatic carbocycles. The Labute approximate surface area is 112 Å². The Bertz CT molecular complexity index is 499. The van der Waals surface area contributed by atoms with E-state index in [4.69, 9.17) is 4.74 Å². The second kappa shape index (κ2) is 5.84. The topological polar surface area (TPSA) is 58.6 Å². The fourth-order valence-corrected chi connectivity index (χ4v) is 2.17. The lowest BCUT2D eigenvalue weighted by atomic mass is 10.1. The highest BCUT2D eigenvalue weighted by Gasteiger charge is 2.24. The van der Waals surface area contributed by atoms with Crippen LogP contribution in [0.15, 0.2) is 18.2 Å². The number of carbonyl (C=O) groups is 2. The van der Waals surface area contributed by atoms with Gasteiger partial charge in [-0.15, -0.1) is 0 Å². The quantitative estimate of drug-likeness (QED) is 0.896. The van der Waals surface area contributed by atoms with Crippen LogP contribution in [0, 0.1) is 0 Å². The van der Waals surface area contributed by atoms with Crippen LogP contribution in [0.3, 0.4) is 0 Å². The average molecular weight is 262 g/mol. The van der Waals surface area contributed by atoms with Crippen molar-refractivity contribution in [2.45, 2.75) is 19.8 Å². The zero-order chi connectivity index (χ0) is 13.8. The van der Waals surface area contributed by atoms with Crippen molar-refractivity contribution >= 4 is 23.2 Å². The van der Waals surface area contributed by atoms with Crippen molar-refractivity contribution in [1.82, 2.24) is 0 Å². The van der Waals surface area contributed by atoms with Crippen LogP contribution in [0.5, 0.6) is 0 Å². The minimum atomic E-state index is -0.0554. The van der Waals surface area contributed by atoms with Gasteiger partial charge in [0.15, 0.2) is 0 Å². The molecule has 1 N–H and O–H groups in total. The first-order chi connectivity index (χ1) is 9.15. The van der Waals surface area contributed by atoms with Crippen LogP contribution in [0.2, 0.25) is 0 Å². The van der Waals surface area contributed by atoms with Gasteiger partial charge in [0.2, 0.25) is 5.91 Å². The molecular formula is C14H18N2O3. The molecule has 2 rings (SSSR count). The lowest BCUT2D eigenvalue weighted by molar-refractivity contribution is -0.122. The van der Waals surface area contributed by atoms with Gasteiger partial charge in [-0.25, -0.2) is 0 Å². The molecule has 0 saturated carbocycles. The number of rotatable bonds is 4. The molecule has 0 bridgehead atoms. The van der Waals surface area contributed by atoms with Gasteiger partial charge < -0.3 is 15.0 Å². The van der Waals surface area contributed by atoms with Crippen LogP contribution >= 0.6 is 0 Å². The molecule has 1 aliphatic heterocycles. The predicted octanol–water partition coefficient (Wildman–Crippen LogP) is 1.57. The summed E-state index contributed by atoms with van der Waals surface area (Å²) in [6.07, 6.45) is 1.27. The van der Waals surface area contributed by atoms with E-state index in [9.17, 15) is 9.59 Å². The zero-order valence-electron chi connectivity index (χ0n) is 11.2. The van der Waals surface area contributed by atoms with Crippen molar-refractivity contribution in [3.05, 3.63) is 23.8 Å². The summed E-state index contributed by atoms with van der Waals surface area (Å²) in [5.74, 6) is -0.0899. The van der Waals surface area contributed by atoms with E-state index in [1.165, 1.54) is 7.11 Å². The molecule has 0 radical (unpaired) electrons. The molecule has 0 aliphatic carbocycles. The third kappa shape index (κ3) is 2.93. The minimum Gasteiger partial charge on any atom is -0.375 e. The van der Waals surface area contributed by atoms with Crippen LogP contribution in [0.1, 0.15) is 18.9 Å². The molecule has 1 aromatic rings. The van der Waals surface area contributed by atoms with Crippen molar-refractivity contribution in [2.24, 2.45) is 0 Å². The van der Waals surface area contributed by atoms with E-state index in [1.807, 2.05) is 18.2 Å². The van der Waals surface area contributed by atoms with Crippen molar-refractivity contribution in [3.63, 3.8) is 0 Å². The maximum absolute atomic E-state index is 11.9. The van der Waals surface area contributed by atoms with Crippen molar-refractivity contribution in [1.29, 1.82) is 0 Å². The standard InChI is InChI=1S/C14H18N2O3/c1-3-13(17)15-11-5-4-10-6-7-16(12(10)8-11)14(18)9-19-2/h4-5,8H,3,6-7,9H2,1-2H3,(H,15,17). The third-order valence-electron chi connectivity index (χ3n) is 3.15. The number of hydrogen-bond donors (Lipinski definition) is 1. The van der Waals surface area contributed by atoms with E-state index >= 15 is 0 Å². The number of methoxy groups -OCH3 is 1. The fraction of sp³-hybridized carbons (Fsp3) is 0.429. The van der Waals surface area contributed by atoms with Gasteiger partial charge in [0.05, 0.1) is 0 Å². The number of fused-ring (bicyclic) bond motifs is 1. The van der Waals surface area contributed by atoms with Crippen LogP contribution < -0.4 is 10.2 Å². The highest BCUT2D eigenvalue weighted by atomic mass is 16.5. The zero-order valence-corrected chi connectivity index (χ0v) is 11.2. The Morgan fingerprint density at radius 1 is 1.42 bits per heavy atom. The van der Waals surface area contributed by atoms with Gasteiger partial charge in [-0.2, -0.15) is 0 Å². The SMILES string of the molecule is CCC(=O)Nc1ccc2c(c1)N(C(=O)COC)CC2. The van der Waals surface area contributed by atoms with Gasteiger partial charge in [-0.05, 0) is 24.1 Å². The summed E-state index contributed by atoms with van der Waals surface area (Å²) in [6.45, 7) is 2.55. The number of anilines is 2. The van der Waals surface area contributed by atoms with Crippen molar-refractivity contribution in [2.75, 3.05) is 30.5 Å². The molecule has 5 heteroatoms. The first-order valence-electron chi connectivity index (χ1n) is 6.37. The van der Waals surface area contributed by atoms with Gasteiger partial charge in [0, 0.05) is 31.5 Å². The number of benzene rings is 1. The first-order valence-corrected chi connectivity index (χ1v) is 6.37. The number of nitrogens with one attached hydrogen (secondary N) is 1. The summed E-state index contributed by atoms with van der Waals surface area (Å²) in [4.78, 5) is 25.0. The van der Waals surface area contributed by atoms with E-state index < -0.39 is 0 Å². The summed E-state index contributed by atoms with van der Waals surface area (Å²) in [7, 11) is 1.51.